The number of nitrogens with one attached hydrogen (secondary N) is 2. The molecule has 3 aromatic rings. The maximum Gasteiger partial charge on any atom is 0.316 e. The lowest BCUT2D eigenvalue weighted by Crippen LogP contribution is -2.36. The van der Waals surface area contributed by atoms with Gasteiger partial charge in [-0.05, 0) is 60.7 Å². The summed E-state index contributed by atoms with van der Waals surface area (Å²) in [5.41, 5.74) is 1.91. The first-order chi connectivity index (χ1) is 15.4. The van der Waals surface area contributed by atoms with Crippen molar-refractivity contribution in [1.29, 1.82) is 0 Å². The lowest BCUT2D eigenvalue weighted by molar-refractivity contribution is -0.123. The SMILES string of the molecule is COc1ccc(OCC(=O)NCCNC(=O)c2nc(Cn3nc(C)c(I)c3C)no2)cc1. The van der Waals surface area contributed by atoms with Crippen LogP contribution in [0.3, 0.4) is 0 Å². The van der Waals surface area contributed by atoms with Crippen LogP contribution in [0.5, 0.6) is 11.5 Å². The molecular weight excluding hydrogens is 531 g/mol. The van der Waals surface area contributed by atoms with Crippen molar-refractivity contribution >= 4 is 34.4 Å². The van der Waals surface area contributed by atoms with Crippen molar-refractivity contribution < 1.29 is 23.6 Å². The Bertz CT molecular complexity index is 1080. The van der Waals surface area contributed by atoms with Crippen LogP contribution >= 0.6 is 22.6 Å². The minimum Gasteiger partial charge on any atom is -0.497 e. The molecule has 0 aliphatic heterocycles. The zero-order chi connectivity index (χ0) is 23.1. The molecule has 2 aromatic heterocycles. The van der Waals surface area contributed by atoms with E-state index in [0.29, 0.717) is 23.9 Å². The smallest absolute Gasteiger partial charge is 0.316 e. The fraction of sp³-hybridized carbons (Fsp3) is 0.350. The molecule has 0 atom stereocenters. The molecule has 11 nitrogen and oxygen atoms in total. The number of aromatic nitrogens is 4. The number of carbonyl (C=O) groups excluding carboxylic acids is 2. The molecule has 0 saturated carbocycles. The summed E-state index contributed by atoms with van der Waals surface area (Å²) >= 11 is 2.23. The summed E-state index contributed by atoms with van der Waals surface area (Å²) in [5, 5.41) is 13.5. The number of ether oxygens (including phenoxy) is 2. The third-order valence-electron chi connectivity index (χ3n) is 4.41. The van der Waals surface area contributed by atoms with Gasteiger partial charge < -0.3 is 24.6 Å². The summed E-state index contributed by atoms with van der Waals surface area (Å²) in [6.45, 7) is 4.45. The predicted octanol–water partition coefficient (Wildman–Crippen LogP) is 1.47. The lowest BCUT2D eigenvalue weighted by atomic mass is 10.3. The van der Waals surface area contributed by atoms with Crippen LogP contribution < -0.4 is 20.1 Å². The van der Waals surface area contributed by atoms with Crippen LogP contribution in [0.2, 0.25) is 0 Å². The molecule has 2 N–H and O–H groups in total. The number of aryl methyl sites for hydroxylation is 1. The molecule has 170 valence electrons. The van der Waals surface area contributed by atoms with Gasteiger partial charge in [-0.15, -0.1) is 0 Å². The summed E-state index contributed by atoms with van der Waals surface area (Å²) < 4.78 is 18.3. The minimum absolute atomic E-state index is 0.140. The predicted molar refractivity (Wildman–Crippen MR) is 122 cm³/mol. The monoisotopic (exact) mass is 554 g/mol. The van der Waals surface area contributed by atoms with E-state index >= 15 is 0 Å². The number of methoxy groups -OCH3 is 1. The number of hydrogen-bond acceptors (Lipinski definition) is 8. The van der Waals surface area contributed by atoms with Gasteiger partial charge in [0.15, 0.2) is 12.4 Å². The standard InChI is InChI=1S/C20H23IN6O5/c1-12-18(21)13(2)27(25-12)10-16-24-20(32-26-16)19(29)23-9-8-22-17(28)11-31-15-6-4-14(30-3)5-7-15/h4-7H,8-11H2,1-3H3,(H,22,28)(H,23,29). The van der Waals surface area contributed by atoms with Crippen molar-refractivity contribution in [3.05, 3.63) is 50.9 Å². The van der Waals surface area contributed by atoms with Gasteiger partial charge in [-0.2, -0.15) is 10.1 Å². The van der Waals surface area contributed by atoms with Crippen LogP contribution in [0, 0.1) is 17.4 Å². The Balaban J connectivity index is 1.37. The van der Waals surface area contributed by atoms with Gasteiger partial charge in [0, 0.05) is 18.8 Å². The molecule has 0 bridgehead atoms. The number of amides is 2. The first kappa shape index (κ1) is 23.5. The van der Waals surface area contributed by atoms with Crippen LogP contribution in [-0.2, 0) is 11.3 Å². The second kappa shape index (κ2) is 10.9. The summed E-state index contributed by atoms with van der Waals surface area (Å²) in [6, 6.07) is 6.90. The number of carbonyl (C=O) groups is 2. The van der Waals surface area contributed by atoms with Gasteiger partial charge in [-0.25, -0.2) is 0 Å². The molecule has 0 fully saturated rings. The van der Waals surface area contributed by atoms with E-state index in [-0.39, 0.29) is 31.5 Å². The van der Waals surface area contributed by atoms with Crippen LogP contribution in [0.1, 0.15) is 27.9 Å². The summed E-state index contributed by atoms with van der Waals surface area (Å²) in [5.74, 6) is 0.625. The third kappa shape index (κ3) is 6.18. The molecule has 0 aliphatic carbocycles. The largest absolute Gasteiger partial charge is 0.497 e. The zero-order valence-corrected chi connectivity index (χ0v) is 20.0. The van der Waals surface area contributed by atoms with Crippen molar-refractivity contribution in [2.24, 2.45) is 0 Å². The van der Waals surface area contributed by atoms with E-state index in [0.717, 1.165) is 15.0 Å². The van der Waals surface area contributed by atoms with Crippen LogP contribution in [0.15, 0.2) is 28.8 Å². The maximum absolute atomic E-state index is 12.2. The molecular formula is C20H23IN6O5. The molecule has 2 amide bonds. The minimum atomic E-state index is -0.518. The van der Waals surface area contributed by atoms with Gasteiger partial charge in [0.1, 0.15) is 18.0 Å². The second-order valence-electron chi connectivity index (χ2n) is 6.73. The molecule has 0 aliphatic rings. The van der Waals surface area contributed by atoms with Crippen LogP contribution in [0.4, 0.5) is 0 Å². The maximum atomic E-state index is 12.2. The van der Waals surface area contributed by atoms with Gasteiger partial charge in [0.05, 0.1) is 16.4 Å². The fourth-order valence-electron chi connectivity index (χ4n) is 2.70. The number of hydrogen-bond donors (Lipinski definition) is 2. The van der Waals surface area contributed by atoms with Crippen molar-refractivity contribution in [3.63, 3.8) is 0 Å². The van der Waals surface area contributed by atoms with Gasteiger partial charge in [0.25, 0.3) is 5.91 Å². The average molecular weight is 554 g/mol. The highest BCUT2D eigenvalue weighted by molar-refractivity contribution is 14.1. The molecule has 2 heterocycles. The summed E-state index contributed by atoms with van der Waals surface area (Å²) in [4.78, 5) is 28.1. The Kier molecular flexibility index (Phi) is 8.03. The van der Waals surface area contributed by atoms with E-state index in [1.165, 1.54) is 0 Å². The first-order valence-electron chi connectivity index (χ1n) is 9.71. The zero-order valence-electron chi connectivity index (χ0n) is 17.8. The highest BCUT2D eigenvalue weighted by atomic mass is 127. The molecule has 1 aromatic carbocycles. The number of nitrogens with zero attached hydrogens (tertiary/aromatic N) is 4. The van der Waals surface area contributed by atoms with Crippen molar-refractivity contribution in [2.45, 2.75) is 20.4 Å². The van der Waals surface area contributed by atoms with E-state index in [1.54, 1.807) is 36.1 Å². The molecule has 0 radical (unpaired) electrons. The number of rotatable bonds is 10. The number of benzene rings is 1. The molecule has 32 heavy (non-hydrogen) atoms. The van der Waals surface area contributed by atoms with Crippen LogP contribution in [0.25, 0.3) is 0 Å². The second-order valence-corrected chi connectivity index (χ2v) is 7.81. The van der Waals surface area contributed by atoms with E-state index in [2.05, 4.69) is 48.5 Å². The Hall–Kier alpha value is -3.16. The normalized spacial score (nSPS) is 10.6. The van der Waals surface area contributed by atoms with Crippen LogP contribution in [-0.4, -0.2) is 58.5 Å². The van der Waals surface area contributed by atoms with Gasteiger partial charge >= 0.3 is 11.8 Å². The Morgan fingerprint density at radius 2 is 1.81 bits per heavy atom. The Morgan fingerprint density at radius 1 is 1.12 bits per heavy atom. The lowest BCUT2D eigenvalue weighted by Gasteiger charge is -2.08. The molecule has 0 spiro atoms. The highest BCUT2D eigenvalue weighted by Crippen LogP contribution is 2.17. The van der Waals surface area contributed by atoms with Crippen molar-refractivity contribution in [3.8, 4) is 11.5 Å². The number of halogens is 1. The quantitative estimate of drug-likeness (QED) is 0.285. The summed E-state index contributed by atoms with van der Waals surface area (Å²) in [6.07, 6.45) is 0. The van der Waals surface area contributed by atoms with Gasteiger partial charge in [-0.3, -0.25) is 14.3 Å². The molecule has 3 rings (SSSR count). The van der Waals surface area contributed by atoms with Crippen molar-refractivity contribution in [1.82, 2.24) is 30.6 Å². The highest BCUT2D eigenvalue weighted by Gasteiger charge is 2.17. The average Bonchev–Trinajstić information content (AvgIpc) is 3.36. The van der Waals surface area contributed by atoms with Gasteiger partial charge in [-0.1, -0.05) is 5.16 Å². The third-order valence-corrected chi connectivity index (χ3v) is 5.97. The summed E-state index contributed by atoms with van der Waals surface area (Å²) in [7, 11) is 1.57. The first-order valence-corrected chi connectivity index (χ1v) is 10.8. The Morgan fingerprint density at radius 3 is 2.47 bits per heavy atom. The van der Waals surface area contributed by atoms with E-state index in [1.807, 2.05) is 13.8 Å². The van der Waals surface area contributed by atoms with E-state index in [9.17, 15) is 9.59 Å². The molecule has 0 unspecified atom stereocenters. The fourth-order valence-corrected chi connectivity index (χ4v) is 3.09. The molecule has 0 saturated heterocycles. The van der Waals surface area contributed by atoms with Gasteiger partial charge in [0.2, 0.25) is 0 Å². The van der Waals surface area contributed by atoms with E-state index < -0.39 is 5.91 Å². The topological polar surface area (TPSA) is 133 Å². The Labute approximate surface area is 198 Å². The van der Waals surface area contributed by atoms with Crippen molar-refractivity contribution in [2.75, 3.05) is 26.8 Å². The molecule has 12 heteroatoms. The van der Waals surface area contributed by atoms with E-state index in [4.69, 9.17) is 14.0 Å².